The van der Waals surface area contributed by atoms with Gasteiger partial charge < -0.3 is 24.6 Å². The second kappa shape index (κ2) is 6.55. The molecule has 2 N–H and O–H groups in total. The zero-order valence-electron chi connectivity index (χ0n) is 15.0. The first kappa shape index (κ1) is 16.8. The average molecular weight is 345 g/mol. The van der Waals surface area contributed by atoms with E-state index in [1.807, 2.05) is 12.3 Å². The first-order valence-corrected chi connectivity index (χ1v) is 9.07. The Balaban J connectivity index is 1.42. The minimum Gasteiger partial charge on any atom is -0.392 e. The van der Waals surface area contributed by atoms with Crippen molar-refractivity contribution in [3.8, 4) is 0 Å². The van der Waals surface area contributed by atoms with Crippen molar-refractivity contribution in [2.75, 3.05) is 45.2 Å². The van der Waals surface area contributed by atoms with Crippen LogP contribution in [0.5, 0.6) is 0 Å². The molecule has 1 aliphatic heterocycles. The molecule has 4 rings (SSSR count). The molecule has 2 aromatic heterocycles. The molecular formula is C18H27N5O2. The van der Waals surface area contributed by atoms with Gasteiger partial charge in [0.05, 0.1) is 24.2 Å². The van der Waals surface area contributed by atoms with Crippen molar-refractivity contribution >= 4 is 16.9 Å². The van der Waals surface area contributed by atoms with Gasteiger partial charge in [-0.2, -0.15) is 0 Å². The second-order valence-corrected chi connectivity index (χ2v) is 7.57. The van der Waals surface area contributed by atoms with Crippen molar-refractivity contribution in [1.29, 1.82) is 0 Å². The van der Waals surface area contributed by atoms with Gasteiger partial charge in [0.1, 0.15) is 17.8 Å². The maximum Gasteiger partial charge on any atom is 0.142 e. The molecule has 25 heavy (non-hydrogen) atoms. The van der Waals surface area contributed by atoms with Gasteiger partial charge in [0, 0.05) is 37.7 Å². The molecule has 7 nitrogen and oxygen atoms in total. The SMILES string of the molecule is CN(C)CCO[C@H]1C[C@@H](O)C12CCN(c1ncnc3[nH]ccc13)CC2. The zero-order chi connectivity index (χ0) is 17.4. The van der Waals surface area contributed by atoms with Crippen LogP contribution in [-0.4, -0.2) is 77.5 Å². The zero-order valence-corrected chi connectivity index (χ0v) is 15.0. The minimum atomic E-state index is -0.239. The van der Waals surface area contributed by atoms with Crippen LogP contribution in [0.4, 0.5) is 5.82 Å². The second-order valence-electron chi connectivity index (χ2n) is 7.57. The van der Waals surface area contributed by atoms with Crippen LogP contribution in [0.1, 0.15) is 19.3 Å². The molecule has 1 aliphatic carbocycles. The highest BCUT2D eigenvalue weighted by Gasteiger charge is 2.56. The molecule has 3 heterocycles. The van der Waals surface area contributed by atoms with E-state index in [9.17, 15) is 5.11 Å². The van der Waals surface area contributed by atoms with Crippen molar-refractivity contribution < 1.29 is 9.84 Å². The lowest BCUT2D eigenvalue weighted by Crippen LogP contribution is -2.62. The summed E-state index contributed by atoms with van der Waals surface area (Å²) in [5.74, 6) is 0.986. The Labute approximate surface area is 148 Å². The summed E-state index contributed by atoms with van der Waals surface area (Å²) < 4.78 is 6.10. The van der Waals surface area contributed by atoms with Crippen molar-refractivity contribution in [2.45, 2.75) is 31.5 Å². The van der Waals surface area contributed by atoms with E-state index in [-0.39, 0.29) is 17.6 Å². The van der Waals surface area contributed by atoms with E-state index in [1.54, 1.807) is 6.33 Å². The normalized spacial score (nSPS) is 25.7. The number of piperidine rings is 1. The van der Waals surface area contributed by atoms with Crippen molar-refractivity contribution in [2.24, 2.45) is 5.41 Å². The Morgan fingerprint density at radius 1 is 1.36 bits per heavy atom. The van der Waals surface area contributed by atoms with Gasteiger partial charge in [-0.3, -0.25) is 0 Å². The summed E-state index contributed by atoms with van der Waals surface area (Å²) in [5.41, 5.74) is 0.798. The highest BCUT2D eigenvalue weighted by molar-refractivity contribution is 5.87. The van der Waals surface area contributed by atoms with Gasteiger partial charge in [-0.1, -0.05) is 0 Å². The number of nitrogens with zero attached hydrogens (tertiary/aromatic N) is 4. The van der Waals surface area contributed by atoms with Gasteiger partial charge >= 0.3 is 0 Å². The van der Waals surface area contributed by atoms with Crippen molar-refractivity contribution in [3.05, 3.63) is 18.6 Å². The van der Waals surface area contributed by atoms with E-state index in [0.717, 1.165) is 62.4 Å². The lowest BCUT2D eigenvalue weighted by atomic mass is 9.58. The number of aromatic amines is 1. The summed E-state index contributed by atoms with van der Waals surface area (Å²) in [4.78, 5) is 16.3. The predicted molar refractivity (Wildman–Crippen MR) is 96.7 cm³/mol. The molecule has 2 fully saturated rings. The highest BCUT2D eigenvalue weighted by atomic mass is 16.5. The first-order chi connectivity index (χ1) is 12.1. The molecule has 1 saturated heterocycles. The van der Waals surface area contributed by atoms with E-state index >= 15 is 0 Å². The fourth-order valence-corrected chi connectivity index (χ4v) is 4.24. The summed E-state index contributed by atoms with van der Waals surface area (Å²) >= 11 is 0. The molecule has 136 valence electrons. The quantitative estimate of drug-likeness (QED) is 0.849. The number of likely N-dealkylation sites (N-methyl/N-ethyl adjacent to an activating group) is 1. The average Bonchev–Trinajstić information content (AvgIpc) is 3.09. The molecule has 0 aromatic carbocycles. The summed E-state index contributed by atoms with van der Waals surface area (Å²) in [7, 11) is 4.10. The number of rotatable bonds is 5. The fourth-order valence-electron chi connectivity index (χ4n) is 4.24. The summed E-state index contributed by atoms with van der Waals surface area (Å²) in [6.07, 6.45) is 6.11. The largest absolute Gasteiger partial charge is 0.392 e. The van der Waals surface area contributed by atoms with Gasteiger partial charge in [-0.25, -0.2) is 9.97 Å². The number of aliphatic hydroxyl groups excluding tert-OH is 1. The Hall–Kier alpha value is -1.70. The molecule has 0 unspecified atom stereocenters. The van der Waals surface area contributed by atoms with Crippen molar-refractivity contribution in [1.82, 2.24) is 19.9 Å². The lowest BCUT2D eigenvalue weighted by molar-refractivity contribution is -0.202. The van der Waals surface area contributed by atoms with Crippen LogP contribution in [0.25, 0.3) is 11.0 Å². The predicted octanol–water partition coefficient (Wildman–Crippen LogP) is 1.26. The standard InChI is InChI=1S/C18H27N5O2/c1-22(2)9-10-25-15-11-14(24)18(15)4-7-23(8-5-18)17-13-3-6-19-16(13)20-12-21-17/h3,6,12,14-15,24H,4-5,7-11H2,1-2H3,(H,19,20,21)/t14-,15+/m1/s1. The van der Waals surface area contributed by atoms with E-state index < -0.39 is 0 Å². The summed E-state index contributed by atoms with van der Waals surface area (Å²) in [5, 5.41) is 11.5. The highest BCUT2D eigenvalue weighted by Crippen LogP contribution is 2.51. The van der Waals surface area contributed by atoms with E-state index in [2.05, 4.69) is 38.8 Å². The number of hydrogen-bond donors (Lipinski definition) is 2. The van der Waals surface area contributed by atoms with Gasteiger partial charge in [-0.05, 0) is 33.0 Å². The van der Waals surface area contributed by atoms with Crippen LogP contribution in [0.15, 0.2) is 18.6 Å². The van der Waals surface area contributed by atoms with Crippen LogP contribution >= 0.6 is 0 Å². The Kier molecular flexibility index (Phi) is 4.39. The number of aliphatic hydroxyl groups is 1. The molecule has 1 saturated carbocycles. The number of H-pyrrole nitrogens is 1. The molecule has 2 aromatic rings. The summed E-state index contributed by atoms with van der Waals surface area (Å²) in [6, 6.07) is 2.03. The summed E-state index contributed by atoms with van der Waals surface area (Å²) in [6.45, 7) is 3.43. The number of anilines is 1. The number of ether oxygens (including phenoxy) is 1. The first-order valence-electron chi connectivity index (χ1n) is 9.07. The Morgan fingerprint density at radius 2 is 2.16 bits per heavy atom. The van der Waals surface area contributed by atoms with Crippen molar-refractivity contribution in [3.63, 3.8) is 0 Å². The molecule has 0 radical (unpaired) electrons. The van der Waals surface area contributed by atoms with E-state index in [1.165, 1.54) is 0 Å². The third-order valence-electron chi connectivity index (χ3n) is 5.93. The Bertz CT molecular complexity index is 723. The smallest absolute Gasteiger partial charge is 0.142 e. The number of hydrogen-bond acceptors (Lipinski definition) is 6. The third-order valence-corrected chi connectivity index (χ3v) is 5.93. The molecule has 0 bridgehead atoms. The maximum atomic E-state index is 10.5. The molecule has 0 amide bonds. The molecule has 7 heteroatoms. The minimum absolute atomic E-state index is 0.0763. The van der Waals surface area contributed by atoms with Crippen LogP contribution in [0.2, 0.25) is 0 Å². The van der Waals surface area contributed by atoms with Gasteiger partial charge in [-0.15, -0.1) is 0 Å². The molecule has 2 aliphatic rings. The Morgan fingerprint density at radius 3 is 2.88 bits per heavy atom. The number of aromatic nitrogens is 3. The van der Waals surface area contributed by atoms with E-state index in [4.69, 9.17) is 4.74 Å². The number of fused-ring (bicyclic) bond motifs is 1. The van der Waals surface area contributed by atoms with Gasteiger partial charge in [0.25, 0.3) is 0 Å². The number of nitrogens with one attached hydrogen (secondary N) is 1. The molecular weight excluding hydrogens is 318 g/mol. The van der Waals surface area contributed by atoms with Gasteiger partial charge in [0.15, 0.2) is 0 Å². The third kappa shape index (κ3) is 2.90. The topological polar surface area (TPSA) is 77.5 Å². The fraction of sp³-hybridized carbons (Fsp3) is 0.667. The monoisotopic (exact) mass is 345 g/mol. The van der Waals surface area contributed by atoms with Crippen LogP contribution < -0.4 is 4.90 Å². The van der Waals surface area contributed by atoms with Crippen LogP contribution in [-0.2, 0) is 4.74 Å². The van der Waals surface area contributed by atoms with Crippen LogP contribution in [0.3, 0.4) is 0 Å². The van der Waals surface area contributed by atoms with Gasteiger partial charge in [0.2, 0.25) is 0 Å². The van der Waals surface area contributed by atoms with E-state index in [0.29, 0.717) is 0 Å². The molecule has 2 atom stereocenters. The maximum absolute atomic E-state index is 10.5. The lowest BCUT2D eigenvalue weighted by Gasteiger charge is -2.56. The molecule has 1 spiro atoms. The van der Waals surface area contributed by atoms with Crippen LogP contribution in [0, 0.1) is 5.41 Å².